The number of hydrogen-bond donors (Lipinski definition) is 1. The third-order valence-corrected chi connectivity index (χ3v) is 2.09. The van der Waals surface area contributed by atoms with Crippen LogP contribution >= 0.6 is 0 Å². The molecule has 2 aromatic rings. The summed E-state index contributed by atoms with van der Waals surface area (Å²) in [5.41, 5.74) is -0.0705. The zero-order valence-corrected chi connectivity index (χ0v) is 8.66. The number of anilines is 1. The summed E-state index contributed by atoms with van der Waals surface area (Å²) in [7, 11) is 0. The summed E-state index contributed by atoms with van der Waals surface area (Å²) >= 11 is 0. The minimum Gasteiger partial charge on any atom is -0.472 e. The molecule has 0 atom stereocenters. The molecule has 0 bridgehead atoms. The van der Waals surface area contributed by atoms with E-state index in [1.165, 1.54) is 24.7 Å². The van der Waals surface area contributed by atoms with Gasteiger partial charge >= 0.3 is 6.18 Å². The average Bonchev–Trinajstić information content (AvgIpc) is 2.78. The lowest BCUT2D eigenvalue weighted by Gasteiger charge is -2.08. The molecule has 2 rings (SSSR count). The molecule has 0 aliphatic carbocycles. The van der Waals surface area contributed by atoms with Crippen molar-refractivity contribution in [2.75, 3.05) is 5.32 Å². The van der Waals surface area contributed by atoms with Crippen molar-refractivity contribution >= 4 is 5.82 Å². The fourth-order valence-electron chi connectivity index (χ4n) is 1.28. The Morgan fingerprint density at radius 2 is 2.06 bits per heavy atom. The highest BCUT2D eigenvalue weighted by molar-refractivity contribution is 5.36. The number of furan rings is 1. The van der Waals surface area contributed by atoms with Gasteiger partial charge in [-0.15, -0.1) is 0 Å². The summed E-state index contributed by atoms with van der Waals surface area (Å²) in [4.78, 5) is 3.48. The Balaban J connectivity index is 2.07. The Bertz CT molecular complexity index is 480. The highest BCUT2D eigenvalue weighted by Gasteiger charge is 2.32. The van der Waals surface area contributed by atoms with E-state index in [1.807, 2.05) is 0 Å². The molecule has 0 amide bonds. The van der Waals surface area contributed by atoms with E-state index in [0.29, 0.717) is 6.54 Å². The molecule has 2 heterocycles. The van der Waals surface area contributed by atoms with Gasteiger partial charge in [0, 0.05) is 12.1 Å². The van der Waals surface area contributed by atoms with Crippen LogP contribution in [0.3, 0.4) is 0 Å². The molecule has 17 heavy (non-hydrogen) atoms. The number of hydrogen-bond acceptors (Lipinski definition) is 3. The van der Waals surface area contributed by atoms with Gasteiger partial charge in [0.2, 0.25) is 0 Å². The number of pyridine rings is 1. The van der Waals surface area contributed by atoms with Gasteiger partial charge in [0.1, 0.15) is 11.5 Å². The Hall–Kier alpha value is -1.98. The summed E-state index contributed by atoms with van der Waals surface area (Å²) in [6, 6.07) is 5.45. The smallest absolute Gasteiger partial charge is 0.433 e. The van der Waals surface area contributed by atoms with Gasteiger partial charge in [-0.3, -0.25) is 0 Å². The van der Waals surface area contributed by atoms with Crippen LogP contribution in [0.2, 0.25) is 0 Å². The number of rotatable bonds is 3. The van der Waals surface area contributed by atoms with E-state index in [-0.39, 0.29) is 5.82 Å². The van der Waals surface area contributed by atoms with Crippen LogP contribution < -0.4 is 5.32 Å². The summed E-state index contributed by atoms with van der Waals surface area (Å²) in [6.45, 7) is 0.366. The van der Waals surface area contributed by atoms with Crippen molar-refractivity contribution in [3.63, 3.8) is 0 Å². The number of aromatic nitrogens is 1. The molecule has 0 saturated heterocycles. The normalized spacial score (nSPS) is 11.5. The van der Waals surface area contributed by atoms with Crippen LogP contribution in [-0.2, 0) is 12.7 Å². The first-order chi connectivity index (χ1) is 8.05. The molecule has 0 spiro atoms. The van der Waals surface area contributed by atoms with Crippen molar-refractivity contribution in [2.45, 2.75) is 12.7 Å². The van der Waals surface area contributed by atoms with Crippen LogP contribution in [0, 0.1) is 0 Å². The minimum atomic E-state index is -4.42. The first-order valence-electron chi connectivity index (χ1n) is 4.85. The third kappa shape index (κ3) is 2.99. The van der Waals surface area contributed by atoms with Crippen LogP contribution in [0.5, 0.6) is 0 Å². The van der Waals surface area contributed by atoms with Gasteiger partial charge in [-0.2, -0.15) is 13.2 Å². The first kappa shape index (κ1) is 11.5. The zero-order valence-electron chi connectivity index (χ0n) is 8.66. The molecule has 0 unspecified atom stereocenters. The van der Waals surface area contributed by atoms with Gasteiger partial charge in [0.15, 0.2) is 0 Å². The quantitative estimate of drug-likeness (QED) is 0.897. The maximum absolute atomic E-state index is 12.4. The van der Waals surface area contributed by atoms with Crippen LogP contribution in [-0.4, -0.2) is 4.98 Å². The van der Waals surface area contributed by atoms with Crippen LogP contribution in [0.1, 0.15) is 11.3 Å². The molecule has 3 nitrogen and oxygen atoms in total. The maximum atomic E-state index is 12.4. The number of alkyl halides is 3. The van der Waals surface area contributed by atoms with E-state index in [4.69, 9.17) is 4.42 Å². The van der Waals surface area contributed by atoms with Crippen molar-refractivity contribution in [1.82, 2.24) is 4.98 Å². The van der Waals surface area contributed by atoms with Crippen molar-refractivity contribution < 1.29 is 17.6 Å². The lowest BCUT2D eigenvalue weighted by Crippen LogP contribution is -2.09. The minimum absolute atomic E-state index is 0.182. The Morgan fingerprint density at radius 3 is 2.71 bits per heavy atom. The Labute approximate surface area is 95.3 Å². The van der Waals surface area contributed by atoms with Crippen molar-refractivity contribution in [1.29, 1.82) is 0 Å². The summed E-state index contributed by atoms with van der Waals surface area (Å²) < 4.78 is 42.0. The predicted molar refractivity (Wildman–Crippen MR) is 55.3 cm³/mol. The SMILES string of the molecule is FC(F)(F)c1cccc(NCc2ccoc2)n1. The zero-order chi connectivity index (χ0) is 12.3. The van der Waals surface area contributed by atoms with E-state index in [1.54, 1.807) is 6.07 Å². The molecule has 2 aromatic heterocycles. The van der Waals surface area contributed by atoms with Gasteiger partial charge in [-0.05, 0) is 18.2 Å². The van der Waals surface area contributed by atoms with Crippen molar-refractivity contribution in [3.8, 4) is 0 Å². The highest BCUT2D eigenvalue weighted by atomic mass is 19.4. The second kappa shape index (κ2) is 4.48. The van der Waals surface area contributed by atoms with Crippen LogP contribution in [0.15, 0.2) is 41.2 Å². The largest absolute Gasteiger partial charge is 0.472 e. The highest BCUT2D eigenvalue weighted by Crippen LogP contribution is 2.28. The second-order valence-electron chi connectivity index (χ2n) is 3.39. The lowest BCUT2D eigenvalue weighted by molar-refractivity contribution is -0.141. The molecule has 1 N–H and O–H groups in total. The van der Waals surface area contributed by atoms with E-state index in [0.717, 1.165) is 11.6 Å². The van der Waals surface area contributed by atoms with Crippen molar-refractivity contribution in [2.24, 2.45) is 0 Å². The number of nitrogens with zero attached hydrogens (tertiary/aromatic N) is 1. The standard InChI is InChI=1S/C11H9F3N2O/c12-11(13,14)9-2-1-3-10(16-9)15-6-8-4-5-17-7-8/h1-5,7H,6H2,(H,15,16). The molecule has 0 aliphatic rings. The fraction of sp³-hybridized carbons (Fsp3) is 0.182. The average molecular weight is 242 g/mol. The Morgan fingerprint density at radius 1 is 1.24 bits per heavy atom. The molecular weight excluding hydrogens is 233 g/mol. The molecule has 6 heteroatoms. The number of halogens is 3. The monoisotopic (exact) mass is 242 g/mol. The lowest BCUT2D eigenvalue weighted by atomic mass is 10.3. The fourth-order valence-corrected chi connectivity index (χ4v) is 1.28. The molecule has 0 radical (unpaired) electrons. The van der Waals surface area contributed by atoms with E-state index >= 15 is 0 Å². The summed E-state index contributed by atoms with van der Waals surface area (Å²) in [5, 5.41) is 2.79. The molecule has 0 aromatic carbocycles. The molecule has 0 saturated carbocycles. The van der Waals surface area contributed by atoms with Gasteiger partial charge in [0.05, 0.1) is 12.5 Å². The predicted octanol–water partition coefficient (Wildman–Crippen LogP) is 3.31. The van der Waals surface area contributed by atoms with Gasteiger partial charge in [-0.1, -0.05) is 6.07 Å². The van der Waals surface area contributed by atoms with E-state index < -0.39 is 11.9 Å². The maximum Gasteiger partial charge on any atom is 0.433 e. The van der Waals surface area contributed by atoms with Gasteiger partial charge in [-0.25, -0.2) is 4.98 Å². The summed E-state index contributed by atoms with van der Waals surface area (Å²) in [6.07, 6.45) is -1.41. The molecule has 90 valence electrons. The molecular formula is C11H9F3N2O. The first-order valence-corrected chi connectivity index (χ1v) is 4.85. The van der Waals surface area contributed by atoms with Gasteiger partial charge in [0.25, 0.3) is 0 Å². The van der Waals surface area contributed by atoms with E-state index in [2.05, 4.69) is 10.3 Å². The third-order valence-electron chi connectivity index (χ3n) is 2.09. The Kier molecular flexibility index (Phi) is 3.03. The summed E-state index contributed by atoms with van der Waals surface area (Å²) in [5.74, 6) is 0.182. The van der Waals surface area contributed by atoms with Crippen LogP contribution in [0.25, 0.3) is 0 Å². The molecule has 0 aliphatic heterocycles. The molecule has 0 fully saturated rings. The van der Waals surface area contributed by atoms with Crippen molar-refractivity contribution in [3.05, 3.63) is 48.0 Å². The van der Waals surface area contributed by atoms with Gasteiger partial charge < -0.3 is 9.73 Å². The van der Waals surface area contributed by atoms with E-state index in [9.17, 15) is 13.2 Å². The van der Waals surface area contributed by atoms with Crippen LogP contribution in [0.4, 0.5) is 19.0 Å². The second-order valence-corrected chi connectivity index (χ2v) is 3.39. The topological polar surface area (TPSA) is 38.1 Å². The number of nitrogens with one attached hydrogen (secondary N) is 1.